The first kappa shape index (κ1) is 32.9. The number of aliphatic hydroxyl groups excluding tert-OH is 1. The average Bonchev–Trinajstić information content (AvgIpc) is 3.69. The van der Waals surface area contributed by atoms with Crippen LogP contribution in [0.4, 0.5) is 0 Å². The van der Waals surface area contributed by atoms with E-state index in [0.717, 1.165) is 18.4 Å². The van der Waals surface area contributed by atoms with E-state index in [4.69, 9.17) is 9.47 Å². The smallest absolute Gasteiger partial charge is 0.313 e. The zero-order valence-corrected chi connectivity index (χ0v) is 26.7. The number of benzene rings is 1. The number of amides is 3. The Morgan fingerprint density at radius 1 is 0.978 bits per heavy atom. The fourth-order valence-electron chi connectivity index (χ4n) is 7.27. The Bertz CT molecular complexity index is 1300. The second-order valence-electron chi connectivity index (χ2n) is 12.7. The molecule has 3 amide bonds. The van der Waals surface area contributed by atoms with E-state index in [2.05, 4.69) is 6.92 Å². The molecule has 10 nitrogen and oxygen atoms in total. The molecule has 0 aromatic heterocycles. The Morgan fingerprint density at radius 2 is 1.76 bits per heavy atom. The molecule has 7 atom stereocenters. The number of cyclic esters (lactones) is 1. The third-order valence-electron chi connectivity index (χ3n) is 9.86. The van der Waals surface area contributed by atoms with Crippen molar-refractivity contribution in [2.75, 3.05) is 33.3 Å². The standard InChI is InChI=1S/C35H47N3O7/c1-4-5-20-37-21-12-7-11-17-27(40)36(3)24(2)30(25-15-9-6-10-16-25)44-34(43)28-26-18-19-35(45-26)29(28)32(41)38(31(35)33(37)42)22-13-8-14-23-39/h6-7,9-10,12,15-16,18-19,24,26,28-31,39H,4-5,8,11,13-14,17,20-23H2,1-3H3/b12-7-/t24-,26+,28-,29-,30+,31+,35-/m0/s1. The van der Waals surface area contributed by atoms with Crippen molar-refractivity contribution >= 4 is 23.7 Å². The number of unbranched alkanes of at least 4 members (excludes halogenated alkanes) is 3. The minimum absolute atomic E-state index is 0.0588. The number of aliphatic hydroxyl groups is 1. The Kier molecular flexibility index (Phi) is 10.4. The number of esters is 1. The van der Waals surface area contributed by atoms with Gasteiger partial charge in [0.2, 0.25) is 17.7 Å². The van der Waals surface area contributed by atoms with E-state index < -0.39 is 47.7 Å². The minimum atomic E-state index is -1.28. The zero-order valence-electron chi connectivity index (χ0n) is 26.7. The van der Waals surface area contributed by atoms with E-state index in [1.807, 2.05) is 55.5 Å². The summed E-state index contributed by atoms with van der Waals surface area (Å²) in [6.45, 7) is 5.17. The topological polar surface area (TPSA) is 117 Å². The summed E-state index contributed by atoms with van der Waals surface area (Å²) in [5, 5.41) is 9.32. The number of carbonyl (C=O) groups is 4. The number of fused-ring (bicyclic) bond motifs is 2. The second kappa shape index (κ2) is 14.3. The Balaban J connectivity index is 1.56. The van der Waals surface area contributed by atoms with Crippen LogP contribution in [-0.2, 0) is 28.7 Å². The lowest BCUT2D eigenvalue weighted by Crippen LogP contribution is -2.56. The van der Waals surface area contributed by atoms with Gasteiger partial charge in [-0.2, -0.15) is 0 Å². The Hall–Kier alpha value is -3.50. The van der Waals surface area contributed by atoms with Crippen molar-refractivity contribution in [3.8, 4) is 0 Å². The van der Waals surface area contributed by atoms with Gasteiger partial charge in [0.1, 0.15) is 23.7 Å². The lowest BCUT2D eigenvalue weighted by molar-refractivity contribution is -0.164. The molecule has 5 bridgehead atoms. The first-order valence-electron chi connectivity index (χ1n) is 16.5. The molecular weight excluding hydrogens is 574 g/mol. The van der Waals surface area contributed by atoms with Crippen molar-refractivity contribution in [1.82, 2.24) is 14.7 Å². The highest BCUT2D eigenvalue weighted by atomic mass is 16.6. The van der Waals surface area contributed by atoms with Gasteiger partial charge in [0, 0.05) is 39.7 Å². The Labute approximate surface area is 266 Å². The molecule has 2 saturated heterocycles. The highest BCUT2D eigenvalue weighted by Crippen LogP contribution is 2.56. The molecule has 10 heteroatoms. The van der Waals surface area contributed by atoms with Crippen LogP contribution >= 0.6 is 0 Å². The number of ether oxygens (including phenoxy) is 2. The number of likely N-dealkylation sites (N-methyl/N-ethyl adjacent to an activating group) is 1. The summed E-state index contributed by atoms with van der Waals surface area (Å²) in [6, 6.07) is 7.93. The predicted molar refractivity (Wildman–Crippen MR) is 168 cm³/mol. The molecule has 2 fully saturated rings. The highest BCUT2D eigenvalue weighted by Gasteiger charge is 2.73. The van der Waals surface area contributed by atoms with Gasteiger partial charge < -0.3 is 29.3 Å². The van der Waals surface area contributed by atoms with Crippen LogP contribution in [0.15, 0.2) is 54.6 Å². The number of carbonyl (C=O) groups excluding carboxylic acids is 4. The molecule has 0 aliphatic carbocycles. The molecular formula is C35H47N3O7. The van der Waals surface area contributed by atoms with Gasteiger partial charge in [-0.3, -0.25) is 19.2 Å². The van der Waals surface area contributed by atoms with Gasteiger partial charge in [0.25, 0.3) is 0 Å². The van der Waals surface area contributed by atoms with Gasteiger partial charge in [0.05, 0.1) is 18.1 Å². The molecule has 4 aliphatic rings. The number of rotatable bonds is 9. The second-order valence-corrected chi connectivity index (χ2v) is 12.7. The Morgan fingerprint density at radius 3 is 2.49 bits per heavy atom. The van der Waals surface area contributed by atoms with Gasteiger partial charge in [-0.05, 0) is 44.6 Å². The van der Waals surface area contributed by atoms with E-state index in [0.29, 0.717) is 45.3 Å². The predicted octanol–water partition coefficient (Wildman–Crippen LogP) is 3.41. The van der Waals surface area contributed by atoms with E-state index in [9.17, 15) is 24.3 Å². The van der Waals surface area contributed by atoms with Crippen LogP contribution in [0.3, 0.4) is 0 Å². The quantitative estimate of drug-likeness (QED) is 0.255. The van der Waals surface area contributed by atoms with Gasteiger partial charge in [0.15, 0.2) is 0 Å². The molecule has 0 saturated carbocycles. The molecule has 4 aliphatic heterocycles. The van der Waals surface area contributed by atoms with Crippen molar-refractivity contribution in [3.05, 3.63) is 60.2 Å². The number of allylic oxidation sites excluding steroid dienone is 1. The third kappa shape index (κ3) is 6.31. The summed E-state index contributed by atoms with van der Waals surface area (Å²) < 4.78 is 12.8. The normalized spacial score (nSPS) is 32.8. The fraction of sp³-hybridized carbons (Fsp3) is 0.600. The summed E-state index contributed by atoms with van der Waals surface area (Å²) in [6.07, 6.45) is 10.4. The van der Waals surface area contributed by atoms with E-state index in [1.54, 1.807) is 27.8 Å². The first-order valence-corrected chi connectivity index (χ1v) is 16.5. The van der Waals surface area contributed by atoms with Crippen molar-refractivity contribution < 1.29 is 33.8 Å². The molecule has 1 spiro atoms. The van der Waals surface area contributed by atoms with Gasteiger partial charge in [-0.25, -0.2) is 0 Å². The largest absolute Gasteiger partial charge is 0.455 e. The lowest BCUT2D eigenvalue weighted by Gasteiger charge is -2.36. The molecule has 1 N–H and O–H groups in total. The summed E-state index contributed by atoms with van der Waals surface area (Å²) >= 11 is 0. The van der Waals surface area contributed by atoms with Crippen molar-refractivity contribution in [1.29, 1.82) is 0 Å². The van der Waals surface area contributed by atoms with Crippen LogP contribution in [-0.4, -0.2) is 101 Å². The number of likely N-dealkylation sites (tertiary alicyclic amines) is 1. The lowest BCUT2D eigenvalue weighted by atomic mass is 9.74. The van der Waals surface area contributed by atoms with Gasteiger partial charge in [-0.15, -0.1) is 0 Å². The van der Waals surface area contributed by atoms with Crippen LogP contribution in [0.5, 0.6) is 0 Å². The van der Waals surface area contributed by atoms with E-state index in [1.165, 1.54) is 0 Å². The maximum absolute atomic E-state index is 14.5. The van der Waals surface area contributed by atoms with Crippen LogP contribution in [0.2, 0.25) is 0 Å². The van der Waals surface area contributed by atoms with E-state index in [-0.39, 0.29) is 30.7 Å². The van der Waals surface area contributed by atoms with Gasteiger partial charge >= 0.3 is 5.97 Å². The summed E-state index contributed by atoms with van der Waals surface area (Å²) in [5.41, 5.74) is -0.532. The van der Waals surface area contributed by atoms with Crippen molar-refractivity contribution in [3.63, 3.8) is 0 Å². The van der Waals surface area contributed by atoms with Crippen LogP contribution in [0.1, 0.15) is 70.5 Å². The highest BCUT2D eigenvalue weighted by molar-refractivity contribution is 5.99. The number of nitrogens with zero attached hydrogens (tertiary/aromatic N) is 3. The molecule has 1 aromatic rings. The summed E-state index contributed by atoms with van der Waals surface area (Å²) in [5.74, 6) is -2.98. The van der Waals surface area contributed by atoms with Crippen LogP contribution < -0.4 is 0 Å². The monoisotopic (exact) mass is 621 g/mol. The minimum Gasteiger partial charge on any atom is -0.455 e. The molecule has 5 rings (SSSR count). The molecule has 45 heavy (non-hydrogen) atoms. The van der Waals surface area contributed by atoms with E-state index >= 15 is 0 Å². The summed E-state index contributed by atoms with van der Waals surface area (Å²) in [7, 11) is 1.72. The van der Waals surface area contributed by atoms with Crippen LogP contribution in [0.25, 0.3) is 0 Å². The molecule has 0 radical (unpaired) electrons. The molecule has 0 unspecified atom stereocenters. The summed E-state index contributed by atoms with van der Waals surface area (Å²) in [4.78, 5) is 61.3. The average molecular weight is 622 g/mol. The first-order chi connectivity index (χ1) is 21.7. The van der Waals surface area contributed by atoms with Crippen molar-refractivity contribution in [2.24, 2.45) is 11.8 Å². The van der Waals surface area contributed by atoms with Gasteiger partial charge in [-0.1, -0.05) is 68.0 Å². The number of hydrogen-bond acceptors (Lipinski definition) is 7. The SMILES string of the molecule is CCCCN1C/C=C\CCC(=O)N(C)[C@@H](C)[C@H](c2ccccc2)OC(=O)[C@@H]2[C@H]3C(=O)N(CCCCCO)[C@H](C1=O)[C@]31C=C[C@H]2O1. The fourth-order valence-corrected chi connectivity index (χ4v) is 7.27. The molecule has 4 heterocycles. The third-order valence-corrected chi connectivity index (χ3v) is 9.86. The maximum atomic E-state index is 14.5. The number of hydrogen-bond donors (Lipinski definition) is 1. The molecule has 1 aromatic carbocycles. The van der Waals surface area contributed by atoms with Crippen LogP contribution in [0, 0.1) is 11.8 Å². The van der Waals surface area contributed by atoms with Crippen molar-refractivity contribution in [2.45, 2.75) is 88.7 Å². The molecule has 244 valence electrons. The zero-order chi connectivity index (χ0) is 32.1. The maximum Gasteiger partial charge on any atom is 0.313 e.